The number of allylic oxidation sites excluding steroid dienone is 1. The third kappa shape index (κ3) is 6.14. The van der Waals surface area contributed by atoms with Crippen molar-refractivity contribution >= 4 is 40.2 Å². The molecule has 1 fully saturated rings. The molecule has 0 saturated carbocycles. The van der Waals surface area contributed by atoms with E-state index in [4.69, 9.17) is 0 Å². The number of fused-ring (bicyclic) bond motifs is 1. The van der Waals surface area contributed by atoms with Crippen molar-refractivity contribution in [1.29, 1.82) is 0 Å². The van der Waals surface area contributed by atoms with Gasteiger partial charge in [0.2, 0.25) is 11.8 Å². The molecule has 1 aliphatic rings. The molecule has 2 amide bonds. The number of benzene rings is 2. The van der Waals surface area contributed by atoms with E-state index in [2.05, 4.69) is 16.9 Å². The highest BCUT2D eigenvalue weighted by Gasteiger charge is 2.23. The van der Waals surface area contributed by atoms with E-state index in [-0.39, 0.29) is 29.7 Å². The summed E-state index contributed by atoms with van der Waals surface area (Å²) in [5.74, 6) is -0.532. The standard InChI is InChI=1S/C25H26FN5O3S/c1-2-10-31-24(34)20-8-3-4-9-21(20)28-25(31)35-17-23(33)30-13-11-29(12-14-30)16-22(32)27-19-7-5-6-18(26)15-19/h2-9,15H,1,10-14,16-17H2,(H,27,32). The van der Waals surface area contributed by atoms with Crippen LogP contribution < -0.4 is 10.9 Å². The molecular formula is C25H26FN5O3S. The fraction of sp³-hybridized carbons (Fsp3) is 0.280. The van der Waals surface area contributed by atoms with E-state index in [1.54, 1.807) is 35.2 Å². The van der Waals surface area contributed by atoms with E-state index < -0.39 is 5.82 Å². The van der Waals surface area contributed by atoms with Crippen LogP contribution in [0.15, 0.2) is 71.1 Å². The minimum atomic E-state index is -0.409. The predicted octanol–water partition coefficient (Wildman–Crippen LogP) is 2.60. The third-order valence-electron chi connectivity index (χ3n) is 5.66. The zero-order valence-electron chi connectivity index (χ0n) is 19.2. The van der Waals surface area contributed by atoms with Gasteiger partial charge >= 0.3 is 0 Å². The summed E-state index contributed by atoms with van der Waals surface area (Å²) >= 11 is 1.24. The Morgan fingerprint density at radius 3 is 2.63 bits per heavy atom. The Kier molecular flexibility index (Phi) is 7.94. The number of carbonyl (C=O) groups excluding carboxylic acids is 2. The zero-order chi connectivity index (χ0) is 24.8. The first-order chi connectivity index (χ1) is 16.9. The zero-order valence-corrected chi connectivity index (χ0v) is 20.0. The number of piperazine rings is 1. The average Bonchev–Trinajstić information content (AvgIpc) is 2.85. The van der Waals surface area contributed by atoms with Crippen LogP contribution in [0.3, 0.4) is 0 Å². The lowest BCUT2D eigenvalue weighted by atomic mass is 10.2. The predicted molar refractivity (Wildman–Crippen MR) is 135 cm³/mol. The lowest BCUT2D eigenvalue weighted by Gasteiger charge is -2.34. The first kappa shape index (κ1) is 24.6. The monoisotopic (exact) mass is 495 g/mol. The smallest absolute Gasteiger partial charge is 0.262 e. The van der Waals surface area contributed by atoms with Crippen molar-refractivity contribution in [3.05, 3.63) is 77.4 Å². The number of nitrogens with zero attached hydrogens (tertiary/aromatic N) is 4. The van der Waals surface area contributed by atoms with Crippen LogP contribution in [0.1, 0.15) is 0 Å². The molecule has 1 N–H and O–H groups in total. The molecule has 2 aromatic carbocycles. The average molecular weight is 496 g/mol. The molecule has 3 aromatic rings. The number of nitrogens with one attached hydrogen (secondary N) is 1. The van der Waals surface area contributed by atoms with Gasteiger partial charge < -0.3 is 10.2 Å². The highest BCUT2D eigenvalue weighted by molar-refractivity contribution is 7.99. The molecule has 0 bridgehead atoms. The number of hydrogen-bond donors (Lipinski definition) is 1. The molecule has 2 heterocycles. The summed E-state index contributed by atoms with van der Waals surface area (Å²) in [5.41, 5.74) is 0.853. The number of anilines is 1. The van der Waals surface area contributed by atoms with Crippen molar-refractivity contribution in [1.82, 2.24) is 19.4 Å². The van der Waals surface area contributed by atoms with Gasteiger partial charge in [-0.05, 0) is 30.3 Å². The minimum Gasteiger partial charge on any atom is -0.339 e. The summed E-state index contributed by atoms with van der Waals surface area (Å²) in [7, 11) is 0. The molecule has 10 heteroatoms. The van der Waals surface area contributed by atoms with Gasteiger partial charge in [-0.3, -0.25) is 23.9 Å². The van der Waals surface area contributed by atoms with Crippen LogP contribution in [0.5, 0.6) is 0 Å². The third-order valence-corrected chi connectivity index (χ3v) is 6.62. The molecule has 35 heavy (non-hydrogen) atoms. The molecule has 0 spiro atoms. The van der Waals surface area contributed by atoms with Gasteiger partial charge in [-0.2, -0.15) is 0 Å². The summed E-state index contributed by atoms with van der Waals surface area (Å²) in [6.07, 6.45) is 1.63. The van der Waals surface area contributed by atoms with Gasteiger partial charge in [-0.15, -0.1) is 6.58 Å². The van der Waals surface area contributed by atoms with Crippen LogP contribution in [0, 0.1) is 5.82 Å². The second kappa shape index (κ2) is 11.3. The number of aromatic nitrogens is 2. The molecule has 1 saturated heterocycles. The minimum absolute atomic E-state index is 0.0496. The number of carbonyl (C=O) groups is 2. The number of rotatable bonds is 8. The first-order valence-corrected chi connectivity index (χ1v) is 12.2. The van der Waals surface area contributed by atoms with Crippen molar-refractivity contribution in [2.24, 2.45) is 0 Å². The molecule has 182 valence electrons. The molecule has 1 aromatic heterocycles. The molecular weight excluding hydrogens is 469 g/mol. The van der Waals surface area contributed by atoms with Gasteiger partial charge in [0.25, 0.3) is 5.56 Å². The van der Waals surface area contributed by atoms with Crippen molar-refractivity contribution in [2.45, 2.75) is 11.7 Å². The molecule has 0 radical (unpaired) electrons. The quantitative estimate of drug-likeness (QED) is 0.294. The van der Waals surface area contributed by atoms with Crippen LogP contribution in [0.4, 0.5) is 10.1 Å². The van der Waals surface area contributed by atoms with Crippen molar-refractivity contribution in [3.63, 3.8) is 0 Å². The maximum Gasteiger partial charge on any atom is 0.262 e. The topological polar surface area (TPSA) is 87.5 Å². The first-order valence-electron chi connectivity index (χ1n) is 11.2. The second-order valence-corrected chi connectivity index (χ2v) is 9.06. The lowest BCUT2D eigenvalue weighted by molar-refractivity contribution is -0.130. The van der Waals surface area contributed by atoms with Crippen molar-refractivity contribution < 1.29 is 14.0 Å². The SMILES string of the molecule is C=CCn1c(SCC(=O)N2CCN(CC(=O)Nc3cccc(F)c3)CC2)nc2ccccc2c1=O. The van der Waals surface area contributed by atoms with E-state index in [9.17, 15) is 18.8 Å². The lowest BCUT2D eigenvalue weighted by Crippen LogP contribution is -2.50. The van der Waals surface area contributed by atoms with Crippen molar-refractivity contribution in [3.8, 4) is 0 Å². The Labute approximate surface area is 206 Å². The molecule has 0 atom stereocenters. The maximum atomic E-state index is 13.3. The normalized spacial score (nSPS) is 14.1. The van der Waals surface area contributed by atoms with Crippen molar-refractivity contribution in [2.75, 3.05) is 43.8 Å². The Balaban J connectivity index is 1.30. The van der Waals surface area contributed by atoms with Crippen LogP contribution >= 0.6 is 11.8 Å². The summed E-state index contributed by atoms with van der Waals surface area (Å²) in [4.78, 5) is 46.2. The fourth-order valence-corrected chi connectivity index (χ4v) is 4.80. The summed E-state index contributed by atoms with van der Waals surface area (Å²) in [5, 5.41) is 3.70. The van der Waals surface area contributed by atoms with Gasteiger partial charge in [0.15, 0.2) is 5.16 Å². The number of thioether (sulfide) groups is 1. The highest BCUT2D eigenvalue weighted by atomic mass is 32.2. The van der Waals surface area contributed by atoms with E-state index in [1.165, 1.54) is 34.5 Å². The summed E-state index contributed by atoms with van der Waals surface area (Å²) in [6, 6.07) is 12.9. The molecule has 4 rings (SSSR count). The van der Waals surface area contributed by atoms with E-state index >= 15 is 0 Å². The van der Waals surface area contributed by atoms with E-state index in [1.807, 2.05) is 11.0 Å². The number of amides is 2. The van der Waals surface area contributed by atoms with Gasteiger partial charge in [0.1, 0.15) is 5.82 Å². The number of hydrogen-bond acceptors (Lipinski definition) is 6. The van der Waals surface area contributed by atoms with Gasteiger partial charge in [0, 0.05) is 38.4 Å². The Bertz CT molecular complexity index is 1300. The van der Waals surface area contributed by atoms with Crippen LogP contribution in [0.25, 0.3) is 10.9 Å². The maximum absolute atomic E-state index is 13.3. The van der Waals surface area contributed by atoms with E-state index in [0.29, 0.717) is 54.5 Å². The highest BCUT2D eigenvalue weighted by Crippen LogP contribution is 2.19. The molecule has 0 aliphatic carbocycles. The number of halogens is 1. The Hall–Kier alpha value is -3.50. The van der Waals surface area contributed by atoms with Crippen LogP contribution in [0.2, 0.25) is 0 Å². The van der Waals surface area contributed by atoms with Crippen LogP contribution in [-0.2, 0) is 16.1 Å². The van der Waals surface area contributed by atoms with E-state index in [0.717, 1.165) is 0 Å². The molecule has 8 nitrogen and oxygen atoms in total. The number of para-hydroxylation sites is 1. The second-order valence-electron chi connectivity index (χ2n) is 8.12. The largest absolute Gasteiger partial charge is 0.339 e. The summed E-state index contributed by atoms with van der Waals surface area (Å²) < 4.78 is 14.8. The van der Waals surface area contributed by atoms with Gasteiger partial charge in [-0.1, -0.05) is 36.0 Å². The van der Waals surface area contributed by atoms with Gasteiger partial charge in [-0.25, -0.2) is 9.37 Å². The molecule has 1 aliphatic heterocycles. The Morgan fingerprint density at radius 1 is 1.11 bits per heavy atom. The van der Waals surface area contributed by atoms with Gasteiger partial charge in [0.05, 0.1) is 23.2 Å². The summed E-state index contributed by atoms with van der Waals surface area (Å²) in [6.45, 7) is 6.31. The Morgan fingerprint density at radius 2 is 1.89 bits per heavy atom. The van der Waals surface area contributed by atoms with Crippen LogP contribution in [-0.4, -0.2) is 69.6 Å². The molecule has 0 unspecified atom stereocenters. The fourth-order valence-electron chi connectivity index (χ4n) is 3.89.